The number of rotatable bonds is 2. The minimum Gasteiger partial charge on any atom is -0.348 e. The Balaban J connectivity index is 1.73. The summed E-state index contributed by atoms with van der Waals surface area (Å²) in [5.41, 5.74) is 1.02. The van der Waals surface area contributed by atoms with Crippen LogP contribution in [0.5, 0.6) is 0 Å². The molecule has 0 bridgehead atoms. The first kappa shape index (κ1) is 9.91. The van der Waals surface area contributed by atoms with Gasteiger partial charge in [0.25, 0.3) is 0 Å². The van der Waals surface area contributed by atoms with Gasteiger partial charge in [0.2, 0.25) is 0 Å². The predicted octanol–water partition coefficient (Wildman–Crippen LogP) is 3.12. The van der Waals surface area contributed by atoms with Crippen LogP contribution in [-0.4, -0.2) is 18.1 Å². The molecule has 2 fully saturated rings. The average molecular weight is 243 g/mol. The first-order valence-electron chi connectivity index (χ1n) is 5.62. The Morgan fingerprint density at radius 3 is 2.73 bits per heavy atom. The maximum atomic E-state index is 5.77. The molecular weight excluding hydrogens is 228 g/mol. The molecule has 2 atom stereocenters. The van der Waals surface area contributed by atoms with Crippen LogP contribution in [0.25, 0.3) is 0 Å². The highest BCUT2D eigenvalue weighted by molar-refractivity contribution is 7.13. The van der Waals surface area contributed by atoms with E-state index in [0.29, 0.717) is 5.88 Å². The highest BCUT2D eigenvalue weighted by Crippen LogP contribution is 2.40. The van der Waals surface area contributed by atoms with Crippen LogP contribution in [0.1, 0.15) is 25.0 Å². The van der Waals surface area contributed by atoms with E-state index in [4.69, 9.17) is 11.6 Å². The zero-order valence-corrected chi connectivity index (χ0v) is 10.2. The molecular formula is C11H15ClN2S. The average Bonchev–Trinajstić information content (AvgIpc) is 2.91. The van der Waals surface area contributed by atoms with Crippen LogP contribution < -0.4 is 4.90 Å². The van der Waals surface area contributed by atoms with Crippen molar-refractivity contribution in [3.63, 3.8) is 0 Å². The molecule has 2 unspecified atom stereocenters. The van der Waals surface area contributed by atoms with Gasteiger partial charge in [0.1, 0.15) is 0 Å². The van der Waals surface area contributed by atoms with Gasteiger partial charge in [0.15, 0.2) is 5.13 Å². The van der Waals surface area contributed by atoms with Gasteiger partial charge in [-0.2, -0.15) is 0 Å². The second-order valence-corrected chi connectivity index (χ2v) is 5.71. The number of alkyl halides is 1. The molecule has 0 amide bonds. The van der Waals surface area contributed by atoms with E-state index >= 15 is 0 Å². The van der Waals surface area contributed by atoms with E-state index in [9.17, 15) is 0 Å². The zero-order valence-electron chi connectivity index (χ0n) is 8.66. The SMILES string of the molecule is ClCc1csc(N2CC3CCCC3C2)n1. The third kappa shape index (κ3) is 1.76. The summed E-state index contributed by atoms with van der Waals surface area (Å²) >= 11 is 7.51. The van der Waals surface area contributed by atoms with Crippen LogP contribution >= 0.6 is 22.9 Å². The van der Waals surface area contributed by atoms with Gasteiger partial charge in [-0.1, -0.05) is 6.42 Å². The lowest BCUT2D eigenvalue weighted by atomic mass is 10.0. The van der Waals surface area contributed by atoms with Gasteiger partial charge in [-0.05, 0) is 24.7 Å². The van der Waals surface area contributed by atoms with Crippen molar-refractivity contribution >= 4 is 28.1 Å². The Kier molecular flexibility index (Phi) is 2.61. The van der Waals surface area contributed by atoms with Crippen LogP contribution in [0, 0.1) is 11.8 Å². The molecule has 1 aliphatic heterocycles. The summed E-state index contributed by atoms with van der Waals surface area (Å²) in [6, 6.07) is 0. The summed E-state index contributed by atoms with van der Waals surface area (Å²) in [6.07, 6.45) is 4.29. The Morgan fingerprint density at radius 2 is 2.13 bits per heavy atom. The van der Waals surface area contributed by atoms with Crippen LogP contribution in [0.4, 0.5) is 5.13 Å². The maximum Gasteiger partial charge on any atom is 0.185 e. The number of fused-ring (bicyclic) bond motifs is 1. The Bertz CT molecular complexity index is 340. The molecule has 1 saturated heterocycles. The van der Waals surface area contributed by atoms with Crippen molar-refractivity contribution in [2.24, 2.45) is 11.8 Å². The first-order valence-corrected chi connectivity index (χ1v) is 7.03. The van der Waals surface area contributed by atoms with Crippen molar-refractivity contribution in [1.82, 2.24) is 4.98 Å². The van der Waals surface area contributed by atoms with Gasteiger partial charge in [0, 0.05) is 18.5 Å². The van der Waals surface area contributed by atoms with Crippen molar-refractivity contribution in [2.45, 2.75) is 25.1 Å². The van der Waals surface area contributed by atoms with Gasteiger partial charge in [-0.15, -0.1) is 22.9 Å². The Labute approximate surface area is 99.3 Å². The molecule has 15 heavy (non-hydrogen) atoms. The molecule has 0 radical (unpaired) electrons. The van der Waals surface area contributed by atoms with E-state index in [1.165, 1.54) is 37.5 Å². The summed E-state index contributed by atoms with van der Waals surface area (Å²) in [7, 11) is 0. The van der Waals surface area contributed by atoms with E-state index in [-0.39, 0.29) is 0 Å². The third-order valence-electron chi connectivity index (χ3n) is 3.67. The van der Waals surface area contributed by atoms with Crippen molar-refractivity contribution in [3.05, 3.63) is 11.1 Å². The van der Waals surface area contributed by atoms with Gasteiger partial charge in [-0.3, -0.25) is 0 Å². The molecule has 2 heterocycles. The molecule has 4 heteroatoms. The quantitative estimate of drug-likeness (QED) is 0.741. The topological polar surface area (TPSA) is 16.1 Å². The van der Waals surface area contributed by atoms with E-state index in [1.54, 1.807) is 11.3 Å². The van der Waals surface area contributed by atoms with Gasteiger partial charge in [0.05, 0.1) is 11.6 Å². The number of halogens is 1. The first-order chi connectivity index (χ1) is 7.36. The molecule has 2 nitrogen and oxygen atoms in total. The zero-order chi connectivity index (χ0) is 10.3. The largest absolute Gasteiger partial charge is 0.348 e. The van der Waals surface area contributed by atoms with Crippen LogP contribution in [0.3, 0.4) is 0 Å². The van der Waals surface area contributed by atoms with Crippen LogP contribution in [0.15, 0.2) is 5.38 Å². The molecule has 1 aromatic heterocycles. The predicted molar refractivity (Wildman–Crippen MR) is 64.7 cm³/mol. The minimum absolute atomic E-state index is 0.539. The molecule has 0 N–H and O–H groups in total. The second kappa shape index (κ2) is 3.95. The molecule has 1 aliphatic carbocycles. The van der Waals surface area contributed by atoms with E-state index < -0.39 is 0 Å². The van der Waals surface area contributed by atoms with Gasteiger partial charge in [-0.25, -0.2) is 4.98 Å². The molecule has 82 valence electrons. The highest BCUT2D eigenvalue weighted by Gasteiger charge is 2.36. The lowest BCUT2D eigenvalue weighted by Gasteiger charge is -2.15. The normalized spacial score (nSPS) is 29.8. The maximum absolute atomic E-state index is 5.77. The number of hydrogen-bond acceptors (Lipinski definition) is 3. The molecule has 3 rings (SSSR count). The molecule has 0 aromatic carbocycles. The summed E-state index contributed by atoms with van der Waals surface area (Å²) < 4.78 is 0. The summed E-state index contributed by atoms with van der Waals surface area (Å²) in [4.78, 5) is 7.00. The van der Waals surface area contributed by atoms with E-state index in [1.807, 2.05) is 0 Å². The third-order valence-corrected chi connectivity index (χ3v) is 4.90. The van der Waals surface area contributed by atoms with Crippen molar-refractivity contribution in [2.75, 3.05) is 18.0 Å². The van der Waals surface area contributed by atoms with Crippen molar-refractivity contribution in [3.8, 4) is 0 Å². The van der Waals surface area contributed by atoms with Gasteiger partial charge < -0.3 is 4.90 Å². The fourth-order valence-electron chi connectivity index (χ4n) is 2.89. The highest BCUT2D eigenvalue weighted by atomic mass is 35.5. The number of thiazole rings is 1. The van der Waals surface area contributed by atoms with Crippen LogP contribution in [0.2, 0.25) is 0 Å². The standard InChI is InChI=1S/C11H15ClN2S/c12-4-10-7-15-11(13-10)14-5-8-2-1-3-9(8)6-14/h7-9H,1-6H2. The summed E-state index contributed by atoms with van der Waals surface area (Å²) in [6.45, 7) is 2.44. The fourth-order valence-corrected chi connectivity index (χ4v) is 3.97. The Morgan fingerprint density at radius 1 is 1.40 bits per heavy atom. The number of hydrogen-bond donors (Lipinski definition) is 0. The molecule has 2 aliphatic rings. The van der Waals surface area contributed by atoms with Crippen molar-refractivity contribution < 1.29 is 0 Å². The number of nitrogens with zero attached hydrogens (tertiary/aromatic N) is 2. The smallest absolute Gasteiger partial charge is 0.185 e. The van der Waals surface area contributed by atoms with Crippen LogP contribution in [-0.2, 0) is 5.88 Å². The lowest BCUT2D eigenvalue weighted by Crippen LogP contribution is -2.20. The monoisotopic (exact) mass is 242 g/mol. The molecule has 1 aromatic rings. The van der Waals surface area contributed by atoms with E-state index in [2.05, 4.69) is 15.3 Å². The Hall–Kier alpha value is -0.280. The fraction of sp³-hybridized carbons (Fsp3) is 0.727. The molecule has 0 spiro atoms. The molecule has 1 saturated carbocycles. The number of aromatic nitrogens is 1. The second-order valence-electron chi connectivity index (χ2n) is 4.61. The summed E-state index contributed by atoms with van der Waals surface area (Å²) in [5, 5.41) is 3.26. The lowest BCUT2D eigenvalue weighted by molar-refractivity contribution is 0.494. The number of anilines is 1. The van der Waals surface area contributed by atoms with Crippen molar-refractivity contribution in [1.29, 1.82) is 0 Å². The summed E-state index contributed by atoms with van der Waals surface area (Å²) in [5.74, 6) is 2.42. The van der Waals surface area contributed by atoms with E-state index in [0.717, 1.165) is 17.5 Å². The minimum atomic E-state index is 0.539. The van der Waals surface area contributed by atoms with Gasteiger partial charge >= 0.3 is 0 Å².